The van der Waals surface area contributed by atoms with Gasteiger partial charge in [0.1, 0.15) is 5.56 Å². The van der Waals surface area contributed by atoms with Crippen LogP contribution >= 0.6 is 0 Å². The van der Waals surface area contributed by atoms with Crippen LogP contribution in [0, 0.1) is 0 Å². The first-order chi connectivity index (χ1) is 10.0. The number of amides is 1. The Morgan fingerprint density at radius 2 is 2.10 bits per heavy atom. The Morgan fingerprint density at radius 1 is 1.33 bits per heavy atom. The Morgan fingerprint density at radius 3 is 2.71 bits per heavy atom. The fourth-order valence-corrected chi connectivity index (χ4v) is 2.76. The van der Waals surface area contributed by atoms with Crippen molar-refractivity contribution in [1.29, 1.82) is 0 Å². The molecule has 0 atom stereocenters. The fraction of sp³-hybridized carbons (Fsp3) is 0.529. The fourth-order valence-electron chi connectivity index (χ4n) is 2.76. The van der Waals surface area contributed by atoms with Crippen molar-refractivity contribution in [3.8, 4) is 0 Å². The van der Waals surface area contributed by atoms with E-state index in [0.717, 1.165) is 18.5 Å². The minimum absolute atomic E-state index is 0.221. The van der Waals surface area contributed by atoms with Gasteiger partial charge in [-0.15, -0.1) is 0 Å². The lowest BCUT2D eigenvalue weighted by Crippen LogP contribution is -2.34. The number of carbonyl (C=O) groups excluding carboxylic acids is 1. The molecule has 4 heteroatoms. The maximum Gasteiger partial charge on any atom is 0.263 e. The first kappa shape index (κ1) is 15.5. The summed E-state index contributed by atoms with van der Waals surface area (Å²) in [5, 5.41) is 2.86. The third-order valence-electron chi connectivity index (χ3n) is 4.04. The van der Waals surface area contributed by atoms with E-state index in [9.17, 15) is 9.59 Å². The first-order valence-electron chi connectivity index (χ1n) is 7.66. The van der Waals surface area contributed by atoms with Gasteiger partial charge in [0.25, 0.3) is 11.5 Å². The molecular formula is C17H24N2O2. The molecule has 21 heavy (non-hydrogen) atoms. The summed E-state index contributed by atoms with van der Waals surface area (Å²) in [6.07, 6.45) is 6.76. The summed E-state index contributed by atoms with van der Waals surface area (Å²) >= 11 is 0. The Labute approximate surface area is 125 Å². The molecule has 0 aliphatic heterocycles. The number of nitrogens with zero attached hydrogens (tertiary/aromatic N) is 1. The zero-order valence-electron chi connectivity index (χ0n) is 13.1. The van der Waals surface area contributed by atoms with Crippen LogP contribution in [0.3, 0.4) is 0 Å². The Kier molecular flexibility index (Phi) is 4.99. The number of aromatic nitrogens is 1. The molecule has 1 aromatic heterocycles. The van der Waals surface area contributed by atoms with Crippen molar-refractivity contribution < 1.29 is 4.79 Å². The molecule has 1 amide bonds. The molecule has 4 nitrogen and oxygen atoms in total. The molecule has 0 saturated carbocycles. The molecule has 1 aromatic rings. The second kappa shape index (κ2) is 6.74. The van der Waals surface area contributed by atoms with Crippen LogP contribution in [0.25, 0.3) is 0 Å². The molecule has 0 aromatic carbocycles. The van der Waals surface area contributed by atoms with Crippen molar-refractivity contribution in [1.82, 2.24) is 9.88 Å². The molecule has 0 fully saturated rings. The van der Waals surface area contributed by atoms with Crippen molar-refractivity contribution in [3.05, 3.63) is 45.4 Å². The van der Waals surface area contributed by atoms with Crippen LogP contribution in [-0.2, 0) is 7.05 Å². The highest BCUT2D eigenvalue weighted by Crippen LogP contribution is 2.16. The van der Waals surface area contributed by atoms with Crippen LogP contribution in [0.2, 0.25) is 0 Å². The standard InChI is InChI=1S/C17H24N2O2/c1-12(2)15-10-9-14(17(21)19(15)3)16(20)18-11-13-7-5-4-6-8-13/h7,9-10,12H,4-6,8,11H2,1-3H3,(H,18,20). The van der Waals surface area contributed by atoms with Crippen LogP contribution in [0.15, 0.2) is 28.6 Å². The van der Waals surface area contributed by atoms with E-state index in [-0.39, 0.29) is 22.9 Å². The first-order valence-corrected chi connectivity index (χ1v) is 7.66. The Balaban J connectivity index is 2.11. The minimum Gasteiger partial charge on any atom is -0.348 e. The van der Waals surface area contributed by atoms with E-state index < -0.39 is 0 Å². The molecular weight excluding hydrogens is 264 g/mol. The summed E-state index contributed by atoms with van der Waals surface area (Å²) < 4.78 is 1.57. The molecule has 1 aliphatic rings. The normalized spacial score (nSPS) is 15.0. The topological polar surface area (TPSA) is 51.1 Å². The lowest BCUT2D eigenvalue weighted by atomic mass is 9.99. The smallest absolute Gasteiger partial charge is 0.263 e. The molecule has 0 bridgehead atoms. The Hall–Kier alpha value is -1.84. The number of rotatable bonds is 4. The average molecular weight is 288 g/mol. The monoisotopic (exact) mass is 288 g/mol. The third kappa shape index (κ3) is 3.63. The highest BCUT2D eigenvalue weighted by Gasteiger charge is 2.15. The van der Waals surface area contributed by atoms with Gasteiger partial charge in [-0.05, 0) is 43.7 Å². The average Bonchev–Trinajstić information content (AvgIpc) is 2.48. The minimum atomic E-state index is -0.280. The third-order valence-corrected chi connectivity index (χ3v) is 4.04. The van der Waals surface area contributed by atoms with Crippen molar-refractivity contribution >= 4 is 5.91 Å². The summed E-state index contributed by atoms with van der Waals surface area (Å²) in [5.41, 5.74) is 2.20. The van der Waals surface area contributed by atoms with E-state index in [1.165, 1.54) is 18.4 Å². The largest absolute Gasteiger partial charge is 0.348 e. The molecule has 1 heterocycles. The number of allylic oxidation sites excluding steroid dienone is 1. The number of nitrogens with one attached hydrogen (secondary N) is 1. The predicted molar refractivity (Wildman–Crippen MR) is 84.7 cm³/mol. The zero-order valence-corrected chi connectivity index (χ0v) is 13.1. The molecule has 0 saturated heterocycles. The number of hydrogen-bond donors (Lipinski definition) is 1. The Bertz CT molecular complexity index is 612. The molecule has 1 aliphatic carbocycles. The number of hydrogen-bond acceptors (Lipinski definition) is 2. The summed E-state index contributed by atoms with van der Waals surface area (Å²) in [6, 6.07) is 3.50. The van der Waals surface area contributed by atoms with Crippen LogP contribution in [0.4, 0.5) is 0 Å². The summed E-state index contributed by atoms with van der Waals surface area (Å²) in [5.74, 6) is -0.0235. The van der Waals surface area contributed by atoms with Gasteiger partial charge in [0.2, 0.25) is 0 Å². The van der Waals surface area contributed by atoms with Gasteiger partial charge in [0.15, 0.2) is 0 Å². The van der Waals surface area contributed by atoms with Crippen molar-refractivity contribution in [2.75, 3.05) is 6.54 Å². The zero-order chi connectivity index (χ0) is 15.4. The van der Waals surface area contributed by atoms with E-state index in [2.05, 4.69) is 11.4 Å². The molecule has 0 spiro atoms. The van der Waals surface area contributed by atoms with Crippen LogP contribution in [-0.4, -0.2) is 17.0 Å². The lowest BCUT2D eigenvalue weighted by molar-refractivity contribution is 0.0954. The second-order valence-corrected chi connectivity index (χ2v) is 5.98. The van der Waals surface area contributed by atoms with Gasteiger partial charge in [-0.1, -0.05) is 25.5 Å². The molecule has 2 rings (SSSR count). The van der Waals surface area contributed by atoms with Gasteiger partial charge in [-0.2, -0.15) is 0 Å². The summed E-state index contributed by atoms with van der Waals surface area (Å²) in [6.45, 7) is 4.61. The number of pyridine rings is 1. The van der Waals surface area contributed by atoms with Gasteiger partial charge >= 0.3 is 0 Å². The molecule has 0 unspecified atom stereocenters. The van der Waals surface area contributed by atoms with Gasteiger partial charge in [-0.25, -0.2) is 0 Å². The van der Waals surface area contributed by atoms with Gasteiger partial charge < -0.3 is 9.88 Å². The second-order valence-electron chi connectivity index (χ2n) is 5.98. The van der Waals surface area contributed by atoms with E-state index >= 15 is 0 Å². The van der Waals surface area contributed by atoms with E-state index in [1.807, 2.05) is 19.9 Å². The molecule has 0 radical (unpaired) electrons. The van der Waals surface area contributed by atoms with Gasteiger partial charge in [-0.3, -0.25) is 9.59 Å². The van der Waals surface area contributed by atoms with Gasteiger partial charge in [0, 0.05) is 19.3 Å². The quantitative estimate of drug-likeness (QED) is 0.866. The maximum absolute atomic E-state index is 12.3. The summed E-state index contributed by atoms with van der Waals surface area (Å²) in [4.78, 5) is 24.5. The van der Waals surface area contributed by atoms with Crippen molar-refractivity contribution in [2.45, 2.75) is 45.4 Å². The highest BCUT2D eigenvalue weighted by molar-refractivity contribution is 5.93. The molecule has 114 valence electrons. The highest BCUT2D eigenvalue weighted by atomic mass is 16.2. The summed E-state index contributed by atoms with van der Waals surface area (Å²) in [7, 11) is 1.72. The van der Waals surface area contributed by atoms with E-state index in [4.69, 9.17) is 0 Å². The maximum atomic E-state index is 12.3. The van der Waals surface area contributed by atoms with Gasteiger partial charge in [0.05, 0.1) is 0 Å². The van der Waals surface area contributed by atoms with Crippen LogP contribution < -0.4 is 10.9 Å². The van der Waals surface area contributed by atoms with Crippen LogP contribution in [0.5, 0.6) is 0 Å². The number of carbonyl (C=O) groups is 1. The van der Waals surface area contributed by atoms with Crippen molar-refractivity contribution in [2.24, 2.45) is 7.05 Å². The lowest BCUT2D eigenvalue weighted by Gasteiger charge is -2.15. The predicted octanol–water partition coefficient (Wildman–Crippen LogP) is 2.74. The van der Waals surface area contributed by atoms with Crippen molar-refractivity contribution in [3.63, 3.8) is 0 Å². The molecule has 1 N–H and O–H groups in total. The van der Waals surface area contributed by atoms with E-state index in [1.54, 1.807) is 17.7 Å². The SMILES string of the molecule is CC(C)c1ccc(C(=O)NCC2=CCCCC2)c(=O)n1C. The van der Waals surface area contributed by atoms with Crippen LogP contribution in [0.1, 0.15) is 61.5 Å². The van der Waals surface area contributed by atoms with E-state index in [0.29, 0.717) is 6.54 Å².